The third kappa shape index (κ3) is 2.53. The highest BCUT2D eigenvalue weighted by Gasteiger charge is 2.13. The number of pyridine rings is 1. The molecule has 1 saturated heterocycles. The van der Waals surface area contributed by atoms with E-state index in [2.05, 4.69) is 34.0 Å². The Morgan fingerprint density at radius 3 is 2.43 bits per heavy atom. The first-order valence-corrected chi connectivity index (χ1v) is 5.14. The van der Waals surface area contributed by atoms with Crippen molar-refractivity contribution in [2.75, 3.05) is 33.2 Å². The average Bonchev–Trinajstić information content (AvgIpc) is 2.23. The van der Waals surface area contributed by atoms with Gasteiger partial charge in [0.25, 0.3) is 0 Å². The second kappa shape index (κ2) is 4.53. The fourth-order valence-electron chi connectivity index (χ4n) is 1.75. The lowest BCUT2D eigenvalue weighted by molar-refractivity contribution is 0.148. The molecule has 0 N–H and O–H groups in total. The van der Waals surface area contributed by atoms with Gasteiger partial charge in [-0.05, 0) is 24.7 Å². The SMILES string of the molecule is CN1CCN(Cc2ccncc2)CC1. The van der Waals surface area contributed by atoms with Gasteiger partial charge in [-0.15, -0.1) is 0 Å². The molecule has 0 amide bonds. The van der Waals surface area contributed by atoms with Crippen LogP contribution in [-0.4, -0.2) is 48.0 Å². The normalized spacial score (nSPS) is 19.8. The van der Waals surface area contributed by atoms with Crippen LogP contribution in [0.25, 0.3) is 0 Å². The van der Waals surface area contributed by atoms with Gasteiger partial charge in [0, 0.05) is 45.1 Å². The highest BCUT2D eigenvalue weighted by Crippen LogP contribution is 2.06. The molecular weight excluding hydrogens is 174 g/mol. The summed E-state index contributed by atoms with van der Waals surface area (Å²) in [5.41, 5.74) is 1.37. The molecule has 0 unspecified atom stereocenters. The second-order valence-electron chi connectivity index (χ2n) is 3.93. The van der Waals surface area contributed by atoms with Gasteiger partial charge in [-0.1, -0.05) is 0 Å². The van der Waals surface area contributed by atoms with Crippen molar-refractivity contribution >= 4 is 0 Å². The van der Waals surface area contributed by atoms with E-state index in [4.69, 9.17) is 0 Å². The number of hydrogen-bond donors (Lipinski definition) is 0. The first-order valence-electron chi connectivity index (χ1n) is 5.14. The van der Waals surface area contributed by atoms with E-state index in [1.807, 2.05) is 12.4 Å². The molecule has 1 fully saturated rings. The minimum Gasteiger partial charge on any atom is -0.304 e. The molecule has 0 saturated carbocycles. The van der Waals surface area contributed by atoms with Crippen molar-refractivity contribution in [1.29, 1.82) is 0 Å². The summed E-state index contributed by atoms with van der Waals surface area (Å²) in [5, 5.41) is 0. The van der Waals surface area contributed by atoms with Gasteiger partial charge in [0.2, 0.25) is 0 Å². The van der Waals surface area contributed by atoms with Gasteiger partial charge in [0.05, 0.1) is 0 Å². The third-order valence-corrected chi connectivity index (χ3v) is 2.75. The van der Waals surface area contributed by atoms with Crippen LogP contribution in [0.4, 0.5) is 0 Å². The first kappa shape index (κ1) is 9.62. The first-order chi connectivity index (χ1) is 6.84. The fraction of sp³-hybridized carbons (Fsp3) is 0.545. The van der Waals surface area contributed by atoms with Crippen LogP contribution in [0.15, 0.2) is 24.5 Å². The highest BCUT2D eigenvalue weighted by molar-refractivity contribution is 5.09. The number of rotatable bonds is 2. The van der Waals surface area contributed by atoms with Crippen LogP contribution in [0.5, 0.6) is 0 Å². The summed E-state index contributed by atoms with van der Waals surface area (Å²) < 4.78 is 0. The van der Waals surface area contributed by atoms with E-state index >= 15 is 0 Å². The smallest absolute Gasteiger partial charge is 0.0271 e. The van der Waals surface area contributed by atoms with Gasteiger partial charge in [-0.3, -0.25) is 9.88 Å². The summed E-state index contributed by atoms with van der Waals surface area (Å²) >= 11 is 0. The van der Waals surface area contributed by atoms with Gasteiger partial charge in [0.15, 0.2) is 0 Å². The zero-order chi connectivity index (χ0) is 9.80. The summed E-state index contributed by atoms with van der Waals surface area (Å²) in [7, 11) is 2.18. The molecule has 0 aliphatic carbocycles. The summed E-state index contributed by atoms with van der Waals surface area (Å²) in [6, 6.07) is 4.19. The molecule has 1 aromatic rings. The van der Waals surface area contributed by atoms with Crippen LogP contribution in [0.3, 0.4) is 0 Å². The van der Waals surface area contributed by atoms with Crippen LogP contribution in [0, 0.1) is 0 Å². The van der Waals surface area contributed by atoms with Gasteiger partial charge < -0.3 is 4.90 Å². The molecule has 0 spiro atoms. The lowest BCUT2D eigenvalue weighted by atomic mass is 10.2. The zero-order valence-electron chi connectivity index (χ0n) is 8.69. The maximum absolute atomic E-state index is 4.02. The Kier molecular flexibility index (Phi) is 3.11. The molecular formula is C11H17N3. The summed E-state index contributed by atoms with van der Waals surface area (Å²) in [5.74, 6) is 0. The van der Waals surface area contributed by atoms with Crippen LogP contribution >= 0.6 is 0 Å². The van der Waals surface area contributed by atoms with E-state index in [1.165, 1.54) is 31.7 Å². The molecule has 0 bridgehead atoms. The predicted molar refractivity (Wildman–Crippen MR) is 57.0 cm³/mol. The van der Waals surface area contributed by atoms with Gasteiger partial charge in [-0.2, -0.15) is 0 Å². The van der Waals surface area contributed by atoms with Crippen LogP contribution in [-0.2, 0) is 6.54 Å². The zero-order valence-corrected chi connectivity index (χ0v) is 8.69. The van der Waals surface area contributed by atoms with Crippen molar-refractivity contribution in [2.24, 2.45) is 0 Å². The number of aromatic nitrogens is 1. The van der Waals surface area contributed by atoms with E-state index < -0.39 is 0 Å². The molecule has 0 aromatic carbocycles. The maximum Gasteiger partial charge on any atom is 0.0271 e. The van der Waals surface area contributed by atoms with E-state index in [9.17, 15) is 0 Å². The Labute approximate surface area is 85.4 Å². The Morgan fingerprint density at radius 1 is 1.14 bits per heavy atom. The van der Waals surface area contributed by atoms with E-state index in [-0.39, 0.29) is 0 Å². The molecule has 0 atom stereocenters. The Hall–Kier alpha value is -0.930. The van der Waals surface area contributed by atoms with Crippen LogP contribution in [0.1, 0.15) is 5.56 Å². The molecule has 1 aromatic heterocycles. The molecule has 2 heterocycles. The molecule has 0 radical (unpaired) electrons. The standard InChI is InChI=1S/C11H17N3/c1-13-6-8-14(9-7-13)10-11-2-4-12-5-3-11/h2-5H,6-10H2,1H3. The quantitative estimate of drug-likeness (QED) is 0.690. The average molecular weight is 191 g/mol. The molecule has 3 nitrogen and oxygen atoms in total. The fourth-order valence-corrected chi connectivity index (χ4v) is 1.75. The molecule has 76 valence electrons. The lowest BCUT2D eigenvalue weighted by Gasteiger charge is -2.32. The van der Waals surface area contributed by atoms with Gasteiger partial charge in [-0.25, -0.2) is 0 Å². The summed E-state index contributed by atoms with van der Waals surface area (Å²) in [6.07, 6.45) is 3.73. The van der Waals surface area contributed by atoms with Gasteiger partial charge in [0.1, 0.15) is 0 Å². The Morgan fingerprint density at radius 2 is 1.79 bits per heavy atom. The van der Waals surface area contributed by atoms with Crippen molar-refractivity contribution in [3.63, 3.8) is 0 Å². The van der Waals surface area contributed by atoms with Crippen LogP contribution < -0.4 is 0 Å². The van der Waals surface area contributed by atoms with Crippen molar-refractivity contribution in [1.82, 2.24) is 14.8 Å². The second-order valence-corrected chi connectivity index (χ2v) is 3.93. The third-order valence-electron chi connectivity index (χ3n) is 2.75. The van der Waals surface area contributed by atoms with Crippen molar-refractivity contribution in [3.8, 4) is 0 Å². The minimum absolute atomic E-state index is 1.07. The predicted octanol–water partition coefficient (Wildman–Crippen LogP) is 0.829. The largest absolute Gasteiger partial charge is 0.304 e. The minimum atomic E-state index is 1.07. The number of likely N-dealkylation sites (N-methyl/N-ethyl adjacent to an activating group) is 1. The molecule has 1 aliphatic heterocycles. The lowest BCUT2D eigenvalue weighted by Crippen LogP contribution is -2.43. The molecule has 2 rings (SSSR count). The number of hydrogen-bond acceptors (Lipinski definition) is 3. The maximum atomic E-state index is 4.02. The van der Waals surface area contributed by atoms with Crippen molar-refractivity contribution < 1.29 is 0 Å². The van der Waals surface area contributed by atoms with E-state index in [0.29, 0.717) is 0 Å². The van der Waals surface area contributed by atoms with Crippen molar-refractivity contribution in [2.45, 2.75) is 6.54 Å². The Bertz CT molecular complexity index is 265. The summed E-state index contributed by atoms with van der Waals surface area (Å²) in [4.78, 5) is 8.90. The molecule has 3 heteroatoms. The molecule has 1 aliphatic rings. The molecule has 14 heavy (non-hydrogen) atoms. The summed E-state index contributed by atoms with van der Waals surface area (Å²) in [6.45, 7) is 5.80. The number of nitrogens with zero attached hydrogens (tertiary/aromatic N) is 3. The van der Waals surface area contributed by atoms with Gasteiger partial charge >= 0.3 is 0 Å². The number of piperazine rings is 1. The topological polar surface area (TPSA) is 19.4 Å². The Balaban J connectivity index is 1.87. The van der Waals surface area contributed by atoms with Crippen molar-refractivity contribution in [3.05, 3.63) is 30.1 Å². The van der Waals surface area contributed by atoms with E-state index in [0.717, 1.165) is 6.54 Å². The van der Waals surface area contributed by atoms with Crippen LogP contribution in [0.2, 0.25) is 0 Å². The highest BCUT2D eigenvalue weighted by atomic mass is 15.2. The van der Waals surface area contributed by atoms with E-state index in [1.54, 1.807) is 0 Å². The monoisotopic (exact) mass is 191 g/mol.